The zero-order valence-electron chi connectivity index (χ0n) is 10.6. The van der Waals surface area contributed by atoms with Crippen LogP contribution in [0.25, 0.3) is 0 Å². The zero-order valence-corrected chi connectivity index (χ0v) is 10.6. The molecule has 0 aromatic rings. The first-order valence-electron chi connectivity index (χ1n) is 5.93. The highest BCUT2D eigenvalue weighted by molar-refractivity contribution is 5.83. The third kappa shape index (κ3) is 5.12. The van der Waals surface area contributed by atoms with E-state index in [0.717, 1.165) is 0 Å². The van der Waals surface area contributed by atoms with E-state index in [9.17, 15) is 14.4 Å². The number of hydrogen-bond donors (Lipinski definition) is 4. The summed E-state index contributed by atoms with van der Waals surface area (Å²) < 4.78 is 5.16. The molecule has 1 aliphatic heterocycles. The van der Waals surface area contributed by atoms with Crippen molar-refractivity contribution in [3.05, 3.63) is 0 Å². The van der Waals surface area contributed by atoms with Crippen LogP contribution in [0.15, 0.2) is 0 Å². The first-order valence-corrected chi connectivity index (χ1v) is 5.93. The second kappa shape index (κ2) is 6.37. The molecule has 1 saturated heterocycles. The molecule has 4 N–H and O–H groups in total. The number of carbonyl (C=O) groups excluding carboxylic acids is 1. The Morgan fingerprint density at radius 1 is 1.37 bits per heavy atom. The third-order valence-corrected chi connectivity index (χ3v) is 2.88. The summed E-state index contributed by atoms with van der Waals surface area (Å²) in [5.41, 5.74) is -0.514. The lowest BCUT2D eigenvalue weighted by Crippen LogP contribution is -2.54. The quantitative estimate of drug-likeness (QED) is 0.531. The summed E-state index contributed by atoms with van der Waals surface area (Å²) in [4.78, 5) is 33.0. The highest BCUT2D eigenvalue weighted by Gasteiger charge is 2.32. The van der Waals surface area contributed by atoms with Gasteiger partial charge in [-0.1, -0.05) is 0 Å². The number of ether oxygens (including phenoxy) is 1. The van der Waals surface area contributed by atoms with Crippen LogP contribution < -0.4 is 10.6 Å². The van der Waals surface area contributed by atoms with E-state index in [2.05, 4.69) is 10.6 Å². The number of rotatable bonds is 6. The van der Waals surface area contributed by atoms with Crippen LogP contribution in [0.1, 0.15) is 26.2 Å². The van der Waals surface area contributed by atoms with Gasteiger partial charge in [-0.05, 0) is 19.8 Å². The fourth-order valence-corrected chi connectivity index (χ4v) is 1.76. The first kappa shape index (κ1) is 15.2. The van der Waals surface area contributed by atoms with Gasteiger partial charge in [-0.25, -0.2) is 9.59 Å². The Morgan fingerprint density at radius 2 is 2.05 bits per heavy atom. The normalized spacial score (nSPS) is 23.6. The highest BCUT2D eigenvalue weighted by Crippen LogP contribution is 2.17. The predicted molar refractivity (Wildman–Crippen MR) is 63.8 cm³/mol. The van der Waals surface area contributed by atoms with Crippen LogP contribution in [0, 0.1) is 0 Å². The van der Waals surface area contributed by atoms with Gasteiger partial charge in [-0.3, -0.25) is 4.79 Å². The van der Waals surface area contributed by atoms with Gasteiger partial charge in [0.05, 0.1) is 12.1 Å². The van der Waals surface area contributed by atoms with Crippen molar-refractivity contribution < 1.29 is 29.3 Å². The summed E-state index contributed by atoms with van der Waals surface area (Å²) in [5, 5.41) is 22.3. The zero-order chi connectivity index (χ0) is 14.5. The Bertz CT molecular complexity index is 364. The molecule has 0 aromatic heterocycles. The van der Waals surface area contributed by atoms with E-state index in [0.29, 0.717) is 19.6 Å². The fraction of sp³-hybridized carbons (Fsp3) is 0.727. The van der Waals surface area contributed by atoms with Crippen molar-refractivity contribution in [1.29, 1.82) is 0 Å². The molecule has 8 heteroatoms. The Hall–Kier alpha value is -1.83. The van der Waals surface area contributed by atoms with Crippen molar-refractivity contribution in [3.63, 3.8) is 0 Å². The maximum absolute atomic E-state index is 11.7. The van der Waals surface area contributed by atoms with Crippen LogP contribution in [0.5, 0.6) is 0 Å². The van der Waals surface area contributed by atoms with Crippen molar-refractivity contribution in [3.8, 4) is 0 Å². The number of carboxylic acid groups (broad SMARTS) is 2. The lowest BCUT2D eigenvalue weighted by molar-refractivity contribution is -0.140. The number of carbonyl (C=O) groups is 3. The molecule has 1 unspecified atom stereocenters. The second-order valence-electron chi connectivity index (χ2n) is 4.78. The summed E-state index contributed by atoms with van der Waals surface area (Å²) in [6.07, 6.45) is 0.163. The van der Waals surface area contributed by atoms with Gasteiger partial charge in [0, 0.05) is 13.0 Å². The number of hydrogen-bond acceptors (Lipinski definition) is 4. The first-order chi connectivity index (χ1) is 8.82. The molecule has 8 nitrogen and oxygen atoms in total. The van der Waals surface area contributed by atoms with Gasteiger partial charge in [0.25, 0.3) is 0 Å². The van der Waals surface area contributed by atoms with Gasteiger partial charge >= 0.3 is 18.0 Å². The standard InChI is InChI=1S/C11H18N2O6/c1-11(4-5-19-6-11)13-10(18)12-7(9(16)17)2-3-8(14)15/h7H,2-6H2,1H3,(H,14,15)(H,16,17)(H2,12,13,18)/t7-,11?/m0/s1. The molecule has 1 rings (SSSR count). The molecule has 1 heterocycles. The lowest BCUT2D eigenvalue weighted by Gasteiger charge is -2.25. The van der Waals surface area contributed by atoms with Crippen LogP contribution in [0.2, 0.25) is 0 Å². The van der Waals surface area contributed by atoms with Crippen molar-refractivity contribution >= 4 is 18.0 Å². The number of nitrogens with one attached hydrogen (secondary N) is 2. The van der Waals surface area contributed by atoms with E-state index >= 15 is 0 Å². The van der Waals surface area contributed by atoms with Gasteiger partial charge in [0.1, 0.15) is 6.04 Å². The smallest absolute Gasteiger partial charge is 0.326 e. The maximum Gasteiger partial charge on any atom is 0.326 e. The minimum Gasteiger partial charge on any atom is -0.481 e. The van der Waals surface area contributed by atoms with Crippen LogP contribution in [0.3, 0.4) is 0 Å². The van der Waals surface area contributed by atoms with Crippen molar-refractivity contribution in [2.45, 2.75) is 37.8 Å². The molecule has 2 amide bonds. The van der Waals surface area contributed by atoms with Crippen LogP contribution >= 0.6 is 0 Å². The molecule has 0 bridgehead atoms. The Kier molecular flexibility index (Phi) is 5.11. The molecule has 0 radical (unpaired) electrons. The number of aliphatic carboxylic acids is 2. The summed E-state index contributed by atoms with van der Waals surface area (Å²) in [6.45, 7) is 2.71. The maximum atomic E-state index is 11.7. The van der Waals surface area contributed by atoms with E-state index in [4.69, 9.17) is 14.9 Å². The molecule has 0 aliphatic carbocycles. The fourth-order valence-electron chi connectivity index (χ4n) is 1.76. The molecule has 108 valence electrons. The van der Waals surface area contributed by atoms with Gasteiger partial charge in [0.2, 0.25) is 0 Å². The van der Waals surface area contributed by atoms with Crippen LogP contribution in [0.4, 0.5) is 4.79 Å². The number of carboxylic acids is 2. The third-order valence-electron chi connectivity index (χ3n) is 2.88. The van der Waals surface area contributed by atoms with Crippen molar-refractivity contribution in [2.75, 3.05) is 13.2 Å². The average molecular weight is 274 g/mol. The van der Waals surface area contributed by atoms with E-state index in [1.165, 1.54) is 0 Å². The summed E-state index contributed by atoms with van der Waals surface area (Å²) in [7, 11) is 0. The molecule has 1 aliphatic rings. The molecule has 2 atom stereocenters. The predicted octanol–water partition coefficient (Wildman–Crippen LogP) is -0.217. The van der Waals surface area contributed by atoms with Crippen LogP contribution in [-0.2, 0) is 14.3 Å². The molecule has 0 spiro atoms. The average Bonchev–Trinajstić information content (AvgIpc) is 2.70. The van der Waals surface area contributed by atoms with Gasteiger partial charge in [0.15, 0.2) is 0 Å². The SMILES string of the molecule is CC1(NC(=O)N[C@@H](CCC(=O)O)C(=O)O)CCOC1. The van der Waals surface area contributed by atoms with Gasteiger partial charge in [-0.15, -0.1) is 0 Å². The van der Waals surface area contributed by atoms with E-state index in [1.807, 2.05) is 0 Å². The highest BCUT2D eigenvalue weighted by atomic mass is 16.5. The monoisotopic (exact) mass is 274 g/mol. The Labute approximate surface area is 110 Å². The summed E-state index contributed by atoms with van der Waals surface area (Å²) in [6, 6.07) is -1.85. The van der Waals surface area contributed by atoms with Crippen LogP contribution in [-0.4, -0.2) is 53.0 Å². The molecule has 19 heavy (non-hydrogen) atoms. The largest absolute Gasteiger partial charge is 0.481 e. The second-order valence-corrected chi connectivity index (χ2v) is 4.78. The minimum atomic E-state index is -1.26. The minimum absolute atomic E-state index is 0.161. The molecular formula is C11H18N2O6. The summed E-state index contributed by atoms with van der Waals surface area (Å²) in [5.74, 6) is -2.37. The van der Waals surface area contributed by atoms with Crippen molar-refractivity contribution in [2.24, 2.45) is 0 Å². The molecular weight excluding hydrogens is 256 g/mol. The number of amides is 2. The number of urea groups is 1. The van der Waals surface area contributed by atoms with Gasteiger partial charge < -0.3 is 25.6 Å². The van der Waals surface area contributed by atoms with E-state index in [-0.39, 0.29) is 12.8 Å². The van der Waals surface area contributed by atoms with Gasteiger partial charge in [-0.2, -0.15) is 0 Å². The molecule has 0 saturated carbocycles. The van der Waals surface area contributed by atoms with E-state index in [1.54, 1.807) is 6.92 Å². The van der Waals surface area contributed by atoms with E-state index < -0.39 is 29.6 Å². The molecule has 1 fully saturated rings. The lowest BCUT2D eigenvalue weighted by atomic mass is 10.0. The topological polar surface area (TPSA) is 125 Å². The Morgan fingerprint density at radius 3 is 2.53 bits per heavy atom. The summed E-state index contributed by atoms with van der Waals surface area (Å²) >= 11 is 0. The molecule has 0 aromatic carbocycles. The Balaban J connectivity index is 2.46. The van der Waals surface area contributed by atoms with Crippen molar-refractivity contribution in [1.82, 2.24) is 10.6 Å².